The van der Waals surface area contributed by atoms with E-state index in [-0.39, 0.29) is 16.5 Å². The number of hydrogen-bond acceptors (Lipinski definition) is 5. The Morgan fingerprint density at radius 2 is 1.71 bits per heavy atom. The summed E-state index contributed by atoms with van der Waals surface area (Å²) in [5.41, 5.74) is 4.08. The number of aromatic amines is 1. The van der Waals surface area contributed by atoms with Gasteiger partial charge >= 0.3 is 0 Å². The van der Waals surface area contributed by atoms with Crippen molar-refractivity contribution in [1.29, 1.82) is 0 Å². The Balaban J connectivity index is 1.54. The maximum Gasteiger partial charge on any atom is 0.178 e. The van der Waals surface area contributed by atoms with Crippen molar-refractivity contribution in [1.82, 2.24) is 15.0 Å². The Hall–Kier alpha value is -4.04. The van der Waals surface area contributed by atoms with Crippen LogP contribution in [0.1, 0.15) is 18.1 Å². The lowest BCUT2D eigenvalue weighted by atomic mass is 10.0. The van der Waals surface area contributed by atoms with Crippen LogP contribution in [-0.2, 0) is 16.3 Å². The molecule has 0 fully saturated rings. The molecule has 0 radical (unpaired) electrons. The molecule has 0 saturated carbocycles. The van der Waals surface area contributed by atoms with E-state index in [2.05, 4.69) is 9.97 Å². The van der Waals surface area contributed by atoms with Crippen LogP contribution in [0.25, 0.3) is 22.6 Å². The number of fused-ring (bicyclic) bond motifs is 1. The first-order chi connectivity index (χ1) is 16.9. The first-order valence-corrected chi connectivity index (χ1v) is 12.8. The number of sulfone groups is 1. The molecule has 0 aliphatic carbocycles. The molecule has 0 spiro atoms. The van der Waals surface area contributed by atoms with E-state index < -0.39 is 9.84 Å². The molecule has 3 aromatic carbocycles. The summed E-state index contributed by atoms with van der Waals surface area (Å²) in [6.07, 6.45) is 2.23. The molecule has 0 aliphatic rings. The molecule has 5 rings (SSSR count). The summed E-state index contributed by atoms with van der Waals surface area (Å²) in [5, 5.41) is 0. The predicted molar refractivity (Wildman–Crippen MR) is 133 cm³/mol. The monoisotopic (exact) mass is 487 g/mol. The van der Waals surface area contributed by atoms with Crippen LogP contribution in [0.15, 0.2) is 90.0 Å². The fourth-order valence-electron chi connectivity index (χ4n) is 3.82. The van der Waals surface area contributed by atoms with Gasteiger partial charge in [0.1, 0.15) is 23.0 Å². The Kier molecular flexibility index (Phi) is 6.05. The summed E-state index contributed by atoms with van der Waals surface area (Å²) in [5.74, 6) is 1.46. The van der Waals surface area contributed by atoms with Crippen LogP contribution < -0.4 is 4.74 Å². The lowest BCUT2D eigenvalue weighted by molar-refractivity contribution is 0.482. The van der Waals surface area contributed by atoms with Crippen molar-refractivity contribution < 1.29 is 17.5 Å². The number of hydrogen-bond donors (Lipinski definition) is 1. The van der Waals surface area contributed by atoms with Gasteiger partial charge in [-0.2, -0.15) is 0 Å². The number of ether oxygens (including phenoxy) is 1. The second-order valence-electron chi connectivity index (χ2n) is 8.06. The zero-order valence-corrected chi connectivity index (χ0v) is 19.7. The highest BCUT2D eigenvalue weighted by Crippen LogP contribution is 2.31. The highest BCUT2D eigenvalue weighted by atomic mass is 32.2. The molecule has 176 valence electrons. The van der Waals surface area contributed by atoms with Crippen LogP contribution in [0.3, 0.4) is 0 Å². The van der Waals surface area contributed by atoms with Crippen molar-refractivity contribution in [3.05, 3.63) is 102 Å². The molecule has 1 N–H and O–H groups in total. The van der Waals surface area contributed by atoms with Crippen molar-refractivity contribution in [2.75, 3.05) is 5.75 Å². The minimum absolute atomic E-state index is 0.0368. The van der Waals surface area contributed by atoms with Crippen LogP contribution in [0.4, 0.5) is 4.39 Å². The molecule has 5 aromatic rings. The fourth-order valence-corrected chi connectivity index (χ4v) is 4.70. The molecule has 0 aliphatic heterocycles. The molecular formula is C27H22FN3O3S. The Bertz CT molecular complexity index is 1580. The average molecular weight is 488 g/mol. The Labute approximate surface area is 202 Å². The van der Waals surface area contributed by atoms with Gasteiger partial charge in [-0.15, -0.1) is 0 Å². The van der Waals surface area contributed by atoms with E-state index in [4.69, 9.17) is 9.72 Å². The molecular weight excluding hydrogens is 465 g/mol. The van der Waals surface area contributed by atoms with Crippen LogP contribution in [0.2, 0.25) is 0 Å². The van der Waals surface area contributed by atoms with Gasteiger partial charge in [-0.1, -0.05) is 25.1 Å². The third kappa shape index (κ3) is 4.93. The highest BCUT2D eigenvalue weighted by Gasteiger charge is 2.15. The number of pyridine rings is 1. The highest BCUT2D eigenvalue weighted by molar-refractivity contribution is 7.91. The van der Waals surface area contributed by atoms with Gasteiger partial charge in [0.15, 0.2) is 15.7 Å². The Morgan fingerprint density at radius 3 is 2.40 bits per heavy atom. The van der Waals surface area contributed by atoms with Gasteiger partial charge in [0.05, 0.1) is 21.7 Å². The fraction of sp³-hybridized carbons (Fsp3) is 0.111. The molecule has 35 heavy (non-hydrogen) atoms. The number of benzene rings is 3. The van der Waals surface area contributed by atoms with Crippen LogP contribution in [-0.4, -0.2) is 29.1 Å². The number of aromatic nitrogens is 3. The maximum atomic E-state index is 13.4. The minimum Gasteiger partial charge on any atom is -0.457 e. The molecule has 8 heteroatoms. The zero-order valence-electron chi connectivity index (χ0n) is 18.9. The van der Waals surface area contributed by atoms with Crippen molar-refractivity contribution >= 4 is 20.9 Å². The van der Waals surface area contributed by atoms with Crippen LogP contribution in [0.5, 0.6) is 11.5 Å². The molecule has 6 nitrogen and oxygen atoms in total. The predicted octanol–water partition coefficient (Wildman–Crippen LogP) is 5.94. The number of imidazole rings is 1. The SMILES string of the molecule is CCS(=O)(=O)c1ccc(Oc2cc(Cc3ccc(F)cc3)c3nc(-c4ccccn4)[nH]c3c2)cc1. The zero-order chi connectivity index (χ0) is 24.4. The molecule has 2 heterocycles. The van der Waals surface area contributed by atoms with Crippen molar-refractivity contribution in [3.63, 3.8) is 0 Å². The van der Waals surface area contributed by atoms with Crippen LogP contribution >= 0.6 is 0 Å². The lowest BCUT2D eigenvalue weighted by Crippen LogP contribution is -2.03. The van der Waals surface area contributed by atoms with E-state index in [0.29, 0.717) is 29.4 Å². The number of H-pyrrole nitrogens is 1. The number of halogens is 1. The molecule has 0 atom stereocenters. The van der Waals surface area contributed by atoms with E-state index >= 15 is 0 Å². The third-order valence-corrected chi connectivity index (χ3v) is 7.40. The lowest BCUT2D eigenvalue weighted by Gasteiger charge is -2.10. The van der Waals surface area contributed by atoms with E-state index in [1.807, 2.05) is 30.3 Å². The van der Waals surface area contributed by atoms with E-state index in [1.165, 1.54) is 12.1 Å². The summed E-state index contributed by atoms with van der Waals surface area (Å²) in [6.45, 7) is 1.61. The van der Waals surface area contributed by atoms with Crippen molar-refractivity contribution in [2.45, 2.75) is 18.2 Å². The molecule has 0 amide bonds. The normalized spacial score (nSPS) is 11.6. The van der Waals surface area contributed by atoms with Crippen LogP contribution in [0, 0.1) is 5.82 Å². The molecule has 0 saturated heterocycles. The van der Waals surface area contributed by atoms with E-state index in [9.17, 15) is 12.8 Å². The summed E-state index contributed by atoms with van der Waals surface area (Å²) < 4.78 is 43.7. The first kappa shape index (κ1) is 22.7. The van der Waals surface area contributed by atoms with Gasteiger partial charge < -0.3 is 9.72 Å². The quantitative estimate of drug-likeness (QED) is 0.307. The van der Waals surface area contributed by atoms with Gasteiger partial charge in [0.2, 0.25) is 0 Å². The van der Waals surface area contributed by atoms with Crippen molar-refractivity contribution in [3.8, 4) is 23.0 Å². The van der Waals surface area contributed by atoms with Crippen molar-refractivity contribution in [2.24, 2.45) is 0 Å². The average Bonchev–Trinajstić information content (AvgIpc) is 3.31. The smallest absolute Gasteiger partial charge is 0.178 e. The standard InChI is InChI=1S/C27H22FN3O3S/c1-2-35(32,33)23-12-10-21(11-13-23)34-22-16-19(15-18-6-8-20(28)9-7-18)26-25(17-22)30-27(31-26)24-5-3-4-14-29-24/h3-14,16-17H,2,15H2,1H3,(H,30,31). The van der Waals surface area contributed by atoms with Gasteiger partial charge in [-0.25, -0.2) is 17.8 Å². The summed E-state index contributed by atoms with van der Waals surface area (Å²) in [7, 11) is -3.29. The number of rotatable bonds is 7. The largest absolute Gasteiger partial charge is 0.457 e. The first-order valence-electron chi connectivity index (χ1n) is 11.1. The molecule has 0 unspecified atom stereocenters. The summed E-state index contributed by atoms with van der Waals surface area (Å²) in [4.78, 5) is 12.7. The minimum atomic E-state index is -3.29. The van der Waals surface area contributed by atoms with Gasteiger partial charge in [0.25, 0.3) is 0 Å². The third-order valence-electron chi connectivity index (χ3n) is 5.65. The number of nitrogens with zero attached hydrogens (tertiary/aromatic N) is 2. The summed E-state index contributed by atoms with van der Waals surface area (Å²) in [6, 6.07) is 22.1. The summed E-state index contributed by atoms with van der Waals surface area (Å²) >= 11 is 0. The van der Waals surface area contributed by atoms with Gasteiger partial charge in [0, 0.05) is 12.3 Å². The topological polar surface area (TPSA) is 84.9 Å². The molecule has 2 aromatic heterocycles. The van der Waals surface area contributed by atoms with Gasteiger partial charge in [-0.3, -0.25) is 4.98 Å². The van der Waals surface area contributed by atoms with E-state index in [1.54, 1.807) is 49.5 Å². The van der Waals surface area contributed by atoms with Gasteiger partial charge in [-0.05, 0) is 72.1 Å². The second-order valence-corrected chi connectivity index (χ2v) is 10.3. The number of nitrogens with one attached hydrogen (secondary N) is 1. The molecule has 0 bridgehead atoms. The van der Waals surface area contributed by atoms with E-state index in [0.717, 1.165) is 22.2 Å². The second kappa shape index (κ2) is 9.31. The maximum absolute atomic E-state index is 13.4. The Morgan fingerprint density at radius 1 is 0.943 bits per heavy atom.